The van der Waals surface area contributed by atoms with E-state index in [9.17, 15) is 9.59 Å². The molecule has 166 valence electrons. The summed E-state index contributed by atoms with van der Waals surface area (Å²) in [5.41, 5.74) is 1.67. The van der Waals surface area contributed by atoms with Gasteiger partial charge in [0.15, 0.2) is 17.2 Å². The fourth-order valence-electron chi connectivity index (χ4n) is 2.97. The van der Waals surface area contributed by atoms with Gasteiger partial charge in [0.25, 0.3) is 0 Å². The van der Waals surface area contributed by atoms with Crippen LogP contribution in [-0.2, 0) is 9.53 Å². The van der Waals surface area contributed by atoms with Crippen LogP contribution in [0.3, 0.4) is 0 Å². The highest BCUT2D eigenvalue weighted by Crippen LogP contribution is 2.38. The van der Waals surface area contributed by atoms with E-state index in [-0.39, 0.29) is 28.1 Å². The second-order valence-electron chi connectivity index (χ2n) is 6.75. The first-order valence-corrected chi connectivity index (χ1v) is 11.7. The van der Waals surface area contributed by atoms with Crippen LogP contribution in [0.5, 0.6) is 11.5 Å². The van der Waals surface area contributed by atoms with Gasteiger partial charge in [0, 0.05) is 13.6 Å². The molecule has 0 aliphatic carbocycles. The highest BCUT2D eigenvalue weighted by molar-refractivity contribution is 14.1. The summed E-state index contributed by atoms with van der Waals surface area (Å²) in [5.74, 6) is -0.642. The second-order valence-corrected chi connectivity index (χ2v) is 9.18. The maximum atomic E-state index is 12.4. The molecule has 0 fully saturated rings. The quantitative estimate of drug-likeness (QED) is 0.142. The summed E-state index contributed by atoms with van der Waals surface area (Å²) >= 11 is 12.0. The normalized spacial score (nSPS) is 14.1. The van der Waals surface area contributed by atoms with Gasteiger partial charge in [-0.15, -0.1) is 0 Å². The molecule has 0 atom stereocenters. The average Bonchev–Trinajstić information content (AvgIpc) is 3.17. The summed E-state index contributed by atoms with van der Waals surface area (Å²) in [7, 11) is 1.43. The zero-order valence-corrected chi connectivity index (χ0v) is 21.5. The zero-order chi connectivity index (χ0) is 23.5. The molecule has 33 heavy (non-hydrogen) atoms. The summed E-state index contributed by atoms with van der Waals surface area (Å²) in [6, 6.07) is 17.2. The van der Waals surface area contributed by atoms with Crippen molar-refractivity contribution in [2.75, 3.05) is 7.11 Å². The summed E-state index contributed by atoms with van der Waals surface area (Å²) in [6.45, 7) is 0. The number of ether oxygens (including phenoxy) is 3. The number of nitrogens with zero attached hydrogens (tertiary/aromatic N) is 1. The lowest BCUT2D eigenvalue weighted by molar-refractivity contribution is -0.129. The van der Waals surface area contributed by atoms with Crippen molar-refractivity contribution >= 4 is 74.0 Å². The van der Waals surface area contributed by atoms with Crippen LogP contribution in [-0.4, -0.2) is 24.9 Å². The predicted molar refractivity (Wildman–Crippen MR) is 137 cm³/mol. The molecular formula is C24H14BrClINO5. The molecule has 0 bridgehead atoms. The van der Waals surface area contributed by atoms with Crippen molar-refractivity contribution in [3.8, 4) is 11.5 Å². The molecule has 6 nitrogen and oxygen atoms in total. The molecule has 4 rings (SSSR count). The van der Waals surface area contributed by atoms with Crippen molar-refractivity contribution in [1.29, 1.82) is 0 Å². The summed E-state index contributed by atoms with van der Waals surface area (Å²) in [6.07, 6.45) is 1.52. The van der Waals surface area contributed by atoms with Crippen LogP contribution >= 0.6 is 50.1 Å². The third-order valence-electron chi connectivity index (χ3n) is 4.55. The third-order valence-corrected chi connectivity index (χ3v) is 7.17. The topological polar surface area (TPSA) is 74.2 Å². The maximum absolute atomic E-state index is 12.4. The van der Waals surface area contributed by atoms with Crippen LogP contribution < -0.4 is 9.47 Å². The van der Waals surface area contributed by atoms with Gasteiger partial charge >= 0.3 is 11.9 Å². The molecule has 1 heterocycles. The van der Waals surface area contributed by atoms with Crippen LogP contribution in [0, 0.1) is 3.57 Å². The van der Waals surface area contributed by atoms with Crippen LogP contribution in [0.15, 0.2) is 75.8 Å². The molecule has 3 aromatic carbocycles. The minimum Gasteiger partial charge on any atom is -0.493 e. The molecule has 0 amide bonds. The maximum Gasteiger partial charge on any atom is 0.363 e. The highest BCUT2D eigenvalue weighted by atomic mass is 127. The minimum absolute atomic E-state index is 0.0806. The first kappa shape index (κ1) is 23.5. The Morgan fingerprint density at radius 3 is 2.61 bits per heavy atom. The van der Waals surface area contributed by atoms with Gasteiger partial charge in [-0.25, -0.2) is 14.6 Å². The SMILES string of the molecule is COc1cc(/C=C2\N=C(c3ccc(I)c(Br)c3)OC2=O)cc(Cl)c1OC(=O)c1ccccc1. The van der Waals surface area contributed by atoms with Gasteiger partial charge in [-0.2, -0.15) is 0 Å². The van der Waals surface area contributed by atoms with Gasteiger partial charge in [-0.05, 0) is 92.6 Å². The number of rotatable bonds is 5. The Hall–Kier alpha value is -2.69. The minimum atomic E-state index is -0.589. The Labute approximate surface area is 216 Å². The van der Waals surface area contributed by atoms with Crippen molar-refractivity contribution in [2.24, 2.45) is 4.99 Å². The number of hydrogen-bond donors (Lipinski definition) is 0. The van der Waals surface area contributed by atoms with Gasteiger partial charge in [0.05, 0.1) is 17.7 Å². The van der Waals surface area contributed by atoms with Gasteiger partial charge < -0.3 is 14.2 Å². The standard InChI is InChI=1S/C24H14BrClINO5/c1-31-20-11-13(9-17(26)21(20)32-23(29)14-5-3-2-4-6-14)10-19-24(30)33-22(28-19)15-7-8-18(27)16(25)12-15/h2-12H,1H3/b19-10-. The molecule has 0 spiro atoms. The van der Waals surface area contributed by atoms with Crippen molar-refractivity contribution < 1.29 is 23.8 Å². The molecular weight excluding hydrogens is 625 g/mol. The number of cyclic esters (lactones) is 1. The van der Waals surface area contributed by atoms with E-state index in [0.717, 1.165) is 8.04 Å². The van der Waals surface area contributed by atoms with Crippen LogP contribution in [0.25, 0.3) is 6.08 Å². The first-order chi connectivity index (χ1) is 15.9. The van der Waals surface area contributed by atoms with Crippen molar-refractivity contribution in [3.05, 3.63) is 96.1 Å². The number of methoxy groups -OCH3 is 1. The van der Waals surface area contributed by atoms with Gasteiger partial charge in [-0.1, -0.05) is 29.8 Å². The fraction of sp³-hybridized carbons (Fsp3) is 0.0417. The predicted octanol–water partition coefficient (Wildman–Crippen LogP) is 6.28. The van der Waals surface area contributed by atoms with E-state index in [4.69, 9.17) is 25.8 Å². The molecule has 9 heteroatoms. The first-order valence-electron chi connectivity index (χ1n) is 9.48. The van der Waals surface area contributed by atoms with E-state index in [1.54, 1.807) is 42.5 Å². The fourth-order valence-corrected chi connectivity index (χ4v) is 3.94. The van der Waals surface area contributed by atoms with Crippen LogP contribution in [0.4, 0.5) is 0 Å². The Morgan fingerprint density at radius 1 is 1.15 bits per heavy atom. The van der Waals surface area contributed by atoms with E-state index >= 15 is 0 Å². The van der Waals surface area contributed by atoms with E-state index in [1.807, 2.05) is 18.2 Å². The number of aliphatic imine (C=N–C) groups is 1. The van der Waals surface area contributed by atoms with Crippen molar-refractivity contribution in [2.45, 2.75) is 0 Å². The van der Waals surface area contributed by atoms with E-state index in [0.29, 0.717) is 16.7 Å². The number of halogens is 3. The van der Waals surface area contributed by atoms with Crippen molar-refractivity contribution in [3.63, 3.8) is 0 Å². The number of carbonyl (C=O) groups is 2. The molecule has 0 N–H and O–H groups in total. The Kier molecular flexibility index (Phi) is 7.16. The van der Waals surface area contributed by atoms with Gasteiger partial charge in [0.1, 0.15) is 0 Å². The number of benzene rings is 3. The Balaban J connectivity index is 1.63. The monoisotopic (exact) mass is 637 g/mol. The second kappa shape index (κ2) is 10.1. The van der Waals surface area contributed by atoms with E-state index in [1.165, 1.54) is 13.2 Å². The molecule has 0 unspecified atom stereocenters. The number of esters is 2. The molecule has 0 saturated heterocycles. The van der Waals surface area contributed by atoms with Crippen LogP contribution in [0.2, 0.25) is 5.02 Å². The van der Waals surface area contributed by atoms with Crippen LogP contribution in [0.1, 0.15) is 21.5 Å². The average molecular weight is 639 g/mol. The Morgan fingerprint density at radius 2 is 1.91 bits per heavy atom. The van der Waals surface area contributed by atoms with E-state index in [2.05, 4.69) is 43.5 Å². The van der Waals surface area contributed by atoms with Gasteiger partial charge in [0.2, 0.25) is 5.90 Å². The Bertz CT molecular complexity index is 1320. The van der Waals surface area contributed by atoms with E-state index < -0.39 is 11.9 Å². The lowest BCUT2D eigenvalue weighted by Crippen LogP contribution is -2.09. The summed E-state index contributed by atoms with van der Waals surface area (Å²) < 4.78 is 18.0. The summed E-state index contributed by atoms with van der Waals surface area (Å²) in [5, 5.41) is 0.141. The third kappa shape index (κ3) is 5.29. The molecule has 0 saturated carbocycles. The zero-order valence-electron chi connectivity index (χ0n) is 17.0. The van der Waals surface area contributed by atoms with Gasteiger partial charge in [-0.3, -0.25) is 0 Å². The molecule has 3 aromatic rings. The highest BCUT2D eigenvalue weighted by Gasteiger charge is 2.25. The number of carbonyl (C=O) groups excluding carboxylic acids is 2. The number of hydrogen-bond acceptors (Lipinski definition) is 6. The lowest BCUT2D eigenvalue weighted by atomic mass is 10.1. The molecule has 0 radical (unpaired) electrons. The smallest absolute Gasteiger partial charge is 0.363 e. The lowest BCUT2D eigenvalue weighted by Gasteiger charge is -2.12. The molecule has 0 aromatic heterocycles. The van der Waals surface area contributed by atoms with Crippen molar-refractivity contribution in [1.82, 2.24) is 0 Å². The molecule has 1 aliphatic heterocycles. The molecule has 1 aliphatic rings. The summed E-state index contributed by atoms with van der Waals surface area (Å²) in [4.78, 5) is 29.1. The largest absolute Gasteiger partial charge is 0.493 e.